The van der Waals surface area contributed by atoms with E-state index in [-0.39, 0.29) is 0 Å². The van der Waals surface area contributed by atoms with Gasteiger partial charge in [0.1, 0.15) is 0 Å². The zero-order chi connectivity index (χ0) is 18.8. The molecule has 0 saturated heterocycles. The monoisotopic (exact) mass is 352 g/mol. The van der Waals surface area contributed by atoms with Gasteiger partial charge in [-0.1, -0.05) is 103 Å². The maximum absolute atomic E-state index is 4.05. The summed E-state index contributed by atoms with van der Waals surface area (Å²) in [7, 11) is 4.67. The summed E-state index contributed by atoms with van der Waals surface area (Å²) in [4.78, 5) is 0. The van der Waals surface area contributed by atoms with Gasteiger partial charge in [0.05, 0.1) is 27.2 Å². The van der Waals surface area contributed by atoms with Gasteiger partial charge in [-0.05, 0) is 25.3 Å². The first kappa shape index (κ1) is 24.7. The molecule has 0 rings (SSSR count). The van der Waals surface area contributed by atoms with Gasteiger partial charge in [-0.15, -0.1) is 0 Å². The molecule has 0 fully saturated rings. The van der Waals surface area contributed by atoms with Crippen molar-refractivity contribution >= 4 is 0 Å². The Hall–Kier alpha value is -0.300. The molecular formula is C24H50N+. The zero-order valence-electron chi connectivity index (χ0n) is 18.4. The average Bonchev–Trinajstić information content (AvgIpc) is 2.53. The van der Waals surface area contributed by atoms with E-state index in [0.29, 0.717) is 0 Å². The Labute approximate surface area is 160 Å². The van der Waals surface area contributed by atoms with Crippen molar-refractivity contribution in [3.8, 4) is 0 Å². The van der Waals surface area contributed by atoms with Gasteiger partial charge < -0.3 is 4.48 Å². The number of nitrogens with zero attached hydrogens (tertiary/aromatic N) is 1. The molecule has 0 radical (unpaired) electrons. The highest BCUT2D eigenvalue weighted by molar-refractivity contribution is 4.87. The third-order valence-electron chi connectivity index (χ3n) is 5.31. The summed E-state index contributed by atoms with van der Waals surface area (Å²) in [5, 5.41) is 0. The van der Waals surface area contributed by atoms with E-state index in [1.807, 2.05) is 0 Å². The van der Waals surface area contributed by atoms with Gasteiger partial charge in [-0.2, -0.15) is 0 Å². The fourth-order valence-electron chi connectivity index (χ4n) is 3.90. The van der Waals surface area contributed by atoms with E-state index in [4.69, 9.17) is 0 Å². The Morgan fingerprint density at radius 3 is 1.24 bits per heavy atom. The normalized spacial score (nSPS) is 11.8. The lowest BCUT2D eigenvalue weighted by Gasteiger charge is -2.30. The highest BCUT2D eigenvalue weighted by Crippen LogP contribution is 2.14. The van der Waals surface area contributed by atoms with Crippen LogP contribution in [-0.2, 0) is 0 Å². The van der Waals surface area contributed by atoms with Crippen molar-refractivity contribution in [3.05, 3.63) is 12.2 Å². The van der Waals surface area contributed by atoms with Crippen LogP contribution in [0.15, 0.2) is 12.2 Å². The van der Waals surface area contributed by atoms with E-state index in [9.17, 15) is 0 Å². The molecule has 1 heteroatoms. The number of quaternary nitrogens is 1. The molecule has 0 aromatic carbocycles. The Bertz CT molecular complexity index is 292. The molecule has 150 valence electrons. The largest absolute Gasteiger partial charge is 0.325 e. The molecule has 0 N–H and O–H groups in total. The predicted molar refractivity (Wildman–Crippen MR) is 116 cm³/mol. The summed E-state index contributed by atoms with van der Waals surface area (Å²) in [6.45, 7) is 10.9. The second kappa shape index (κ2) is 17.1. The van der Waals surface area contributed by atoms with E-state index in [1.165, 1.54) is 115 Å². The van der Waals surface area contributed by atoms with Crippen LogP contribution in [-0.4, -0.2) is 31.7 Å². The van der Waals surface area contributed by atoms with Crippen LogP contribution in [0.3, 0.4) is 0 Å². The van der Waals surface area contributed by atoms with Crippen LogP contribution in [0, 0.1) is 0 Å². The van der Waals surface area contributed by atoms with Gasteiger partial charge in [0.15, 0.2) is 0 Å². The van der Waals surface area contributed by atoms with E-state index >= 15 is 0 Å². The molecule has 1 nitrogen and oxygen atoms in total. The lowest BCUT2D eigenvalue weighted by molar-refractivity contribution is -0.885. The molecular weight excluding hydrogens is 302 g/mol. The van der Waals surface area contributed by atoms with Crippen LogP contribution in [0.2, 0.25) is 0 Å². The van der Waals surface area contributed by atoms with Crippen molar-refractivity contribution < 1.29 is 4.48 Å². The van der Waals surface area contributed by atoms with Crippen molar-refractivity contribution in [3.63, 3.8) is 0 Å². The molecule has 0 heterocycles. The quantitative estimate of drug-likeness (QED) is 0.126. The highest BCUT2D eigenvalue weighted by atomic mass is 15.3. The lowest BCUT2D eigenvalue weighted by atomic mass is 10.0. The first-order chi connectivity index (χ1) is 12.0. The van der Waals surface area contributed by atoms with E-state index in [0.717, 1.165) is 11.0 Å². The van der Waals surface area contributed by atoms with Crippen molar-refractivity contribution in [2.24, 2.45) is 0 Å². The van der Waals surface area contributed by atoms with Crippen LogP contribution >= 0.6 is 0 Å². The first-order valence-electron chi connectivity index (χ1n) is 11.4. The minimum absolute atomic E-state index is 1.11. The molecule has 0 aliphatic rings. The third-order valence-corrected chi connectivity index (χ3v) is 5.31. The molecule has 0 amide bonds. The smallest absolute Gasteiger partial charge is 0.0993 e. The molecule has 0 aromatic rings. The molecule has 0 aliphatic heterocycles. The number of rotatable bonds is 19. The topological polar surface area (TPSA) is 0 Å². The van der Waals surface area contributed by atoms with Crippen molar-refractivity contribution in [1.29, 1.82) is 0 Å². The minimum atomic E-state index is 1.11. The van der Waals surface area contributed by atoms with Gasteiger partial charge in [0, 0.05) is 0 Å². The fourth-order valence-corrected chi connectivity index (χ4v) is 3.90. The SMILES string of the molecule is C=C(C)C[N+](C)(C)CCCCCCCCCCCCCCCCCC. The maximum atomic E-state index is 4.05. The van der Waals surface area contributed by atoms with Gasteiger partial charge in [-0.25, -0.2) is 0 Å². The molecule has 0 atom stereocenters. The highest BCUT2D eigenvalue weighted by Gasteiger charge is 2.13. The lowest BCUT2D eigenvalue weighted by Crippen LogP contribution is -2.41. The number of hydrogen-bond donors (Lipinski definition) is 0. The second-order valence-electron chi connectivity index (χ2n) is 9.08. The Balaban J connectivity index is 3.18. The standard InChI is InChI=1S/C24H50N/c1-6-7-8-9-10-11-12-13-14-15-16-17-18-19-20-21-22-25(4,5)23-24(2)3/h2,6-23H2,1,3-5H3/q+1. The predicted octanol–water partition coefficient (Wildman–Crippen LogP) is 7.90. The molecule has 0 unspecified atom stereocenters. The van der Waals surface area contributed by atoms with E-state index < -0.39 is 0 Å². The molecule has 0 spiro atoms. The van der Waals surface area contributed by atoms with Crippen molar-refractivity contribution in [1.82, 2.24) is 0 Å². The number of likely N-dealkylation sites (N-methyl/N-ethyl adjacent to an activating group) is 1. The molecule has 0 bridgehead atoms. The van der Waals surface area contributed by atoms with Crippen molar-refractivity contribution in [2.45, 2.75) is 117 Å². The number of unbranched alkanes of at least 4 members (excludes halogenated alkanes) is 15. The van der Waals surface area contributed by atoms with Crippen LogP contribution in [0.25, 0.3) is 0 Å². The summed E-state index contributed by atoms with van der Waals surface area (Å²) >= 11 is 0. The Kier molecular flexibility index (Phi) is 16.9. The molecule has 0 saturated carbocycles. The summed E-state index contributed by atoms with van der Waals surface area (Å²) < 4.78 is 1.11. The summed E-state index contributed by atoms with van der Waals surface area (Å²) in [5.41, 5.74) is 1.31. The zero-order valence-corrected chi connectivity index (χ0v) is 18.4. The van der Waals surface area contributed by atoms with Crippen LogP contribution in [0.4, 0.5) is 0 Å². The van der Waals surface area contributed by atoms with Crippen LogP contribution in [0.5, 0.6) is 0 Å². The van der Waals surface area contributed by atoms with E-state index in [1.54, 1.807) is 0 Å². The van der Waals surface area contributed by atoms with Crippen LogP contribution in [0.1, 0.15) is 117 Å². The van der Waals surface area contributed by atoms with E-state index in [2.05, 4.69) is 34.5 Å². The Morgan fingerprint density at radius 2 is 0.920 bits per heavy atom. The van der Waals surface area contributed by atoms with Gasteiger partial charge in [0.25, 0.3) is 0 Å². The molecule has 0 aromatic heterocycles. The van der Waals surface area contributed by atoms with Gasteiger partial charge >= 0.3 is 0 Å². The third kappa shape index (κ3) is 19.9. The first-order valence-corrected chi connectivity index (χ1v) is 11.4. The van der Waals surface area contributed by atoms with Crippen LogP contribution < -0.4 is 0 Å². The second-order valence-corrected chi connectivity index (χ2v) is 9.08. The van der Waals surface area contributed by atoms with Crippen molar-refractivity contribution in [2.75, 3.05) is 27.2 Å². The average molecular weight is 353 g/mol. The van der Waals surface area contributed by atoms with Gasteiger partial charge in [0.2, 0.25) is 0 Å². The fraction of sp³-hybridized carbons (Fsp3) is 0.917. The number of hydrogen-bond acceptors (Lipinski definition) is 0. The summed E-state index contributed by atoms with van der Waals surface area (Å²) in [6.07, 6.45) is 23.2. The minimum Gasteiger partial charge on any atom is -0.325 e. The summed E-state index contributed by atoms with van der Waals surface area (Å²) in [5.74, 6) is 0. The molecule has 0 aliphatic carbocycles. The molecule has 25 heavy (non-hydrogen) atoms. The van der Waals surface area contributed by atoms with Gasteiger partial charge in [-0.3, -0.25) is 0 Å². The Morgan fingerprint density at radius 1 is 0.600 bits per heavy atom. The summed E-state index contributed by atoms with van der Waals surface area (Å²) in [6, 6.07) is 0. The maximum Gasteiger partial charge on any atom is 0.0993 e.